The number of carboxylic acids is 1. The predicted octanol–water partition coefficient (Wildman–Crippen LogP) is 3.00. The molecule has 0 radical (unpaired) electrons. The van der Waals surface area contributed by atoms with E-state index in [0.717, 1.165) is 58.3 Å². The summed E-state index contributed by atoms with van der Waals surface area (Å²) < 4.78 is 34.7. The molecule has 0 saturated carbocycles. The minimum atomic E-state index is -3.07. The van der Waals surface area contributed by atoms with E-state index in [1.54, 1.807) is 0 Å². The van der Waals surface area contributed by atoms with Crippen molar-refractivity contribution < 1.29 is 104 Å². The Morgan fingerprint density at radius 3 is 1.54 bits per heavy atom. The normalized spacial score (nSPS) is 30.4. The number of rotatable bonds is 45. The molecule has 3 aliphatic rings. The Bertz CT molecular complexity index is 1670. The maximum absolute atomic E-state index is 13.4. The zero-order valence-corrected chi connectivity index (χ0v) is 48.9. The van der Waals surface area contributed by atoms with E-state index in [-0.39, 0.29) is 18.9 Å². The predicted molar refractivity (Wildman–Crippen MR) is 297 cm³/mol. The number of aliphatic hydroxyl groups is 11. The highest BCUT2D eigenvalue weighted by Crippen LogP contribution is 2.38. The lowest BCUT2D eigenvalue weighted by Crippen LogP contribution is -2.70. The van der Waals surface area contributed by atoms with Gasteiger partial charge < -0.3 is 100 Å². The topological polar surface area (TPSA) is 373 Å². The molecular formula is C58H108N2O21. The lowest BCUT2D eigenvalue weighted by molar-refractivity contribution is -0.386. The first-order valence-electron chi connectivity index (χ1n) is 30.9. The van der Waals surface area contributed by atoms with E-state index in [2.05, 4.69) is 24.5 Å². The zero-order chi connectivity index (χ0) is 59.7. The van der Waals surface area contributed by atoms with E-state index >= 15 is 0 Å². The molecule has 23 nitrogen and oxygen atoms in total. The van der Waals surface area contributed by atoms with Crippen molar-refractivity contribution in [2.24, 2.45) is 0 Å². The number of aliphatic hydroxyl groups excluding tert-OH is 11. The number of ether oxygens (including phenoxy) is 6. The first-order valence-corrected chi connectivity index (χ1v) is 30.9. The Morgan fingerprint density at radius 1 is 0.593 bits per heavy atom. The van der Waals surface area contributed by atoms with Crippen LogP contribution in [-0.2, 0) is 42.8 Å². The molecule has 476 valence electrons. The van der Waals surface area contributed by atoms with Crippen LogP contribution in [0.3, 0.4) is 0 Å². The standard InChI is InChI=1S/C58H108N2O21/c1-4-6-8-10-12-14-16-18-19-20-22-24-26-28-30-32-45(68)60-39(40(65)31-29-27-25-23-21-17-15-13-11-9-7-5-2)37-76-55-50(72)49(71)52(44(36-63)78-55)79-56-51(73)54(48(70)43(35-62)77-56)81-58(57(74)75)33-41(66)46(59-38(3)64)53(80-58)47(69)42(67)34-61/h39-44,46-56,61-63,65-67,69-73H,4-37H2,1-3H3,(H,59,64)(H,60,68)(H,74,75). The molecule has 0 aromatic rings. The van der Waals surface area contributed by atoms with Crippen molar-refractivity contribution in [2.45, 2.75) is 323 Å². The highest BCUT2D eigenvalue weighted by atomic mass is 16.8. The van der Waals surface area contributed by atoms with Crippen LogP contribution in [0.25, 0.3) is 0 Å². The van der Waals surface area contributed by atoms with Crippen LogP contribution in [0.2, 0.25) is 0 Å². The number of unbranched alkanes of at least 4 members (excludes halogenated alkanes) is 25. The van der Waals surface area contributed by atoms with E-state index in [1.165, 1.54) is 109 Å². The maximum atomic E-state index is 13.4. The monoisotopic (exact) mass is 1170 g/mol. The van der Waals surface area contributed by atoms with Gasteiger partial charge in [-0.25, -0.2) is 4.79 Å². The fourth-order valence-electron chi connectivity index (χ4n) is 11.1. The third-order valence-electron chi connectivity index (χ3n) is 16.1. The first-order chi connectivity index (χ1) is 38.9. The molecule has 3 rings (SSSR count). The Hall–Kier alpha value is -2.27. The number of hydrogen-bond acceptors (Lipinski definition) is 20. The minimum Gasteiger partial charge on any atom is -0.477 e. The summed E-state index contributed by atoms with van der Waals surface area (Å²) in [6, 6.07) is -2.52. The number of hydrogen-bond donors (Lipinski definition) is 14. The van der Waals surface area contributed by atoms with Gasteiger partial charge in [0.1, 0.15) is 67.1 Å². The van der Waals surface area contributed by atoms with Gasteiger partial charge in [-0.1, -0.05) is 181 Å². The lowest BCUT2D eigenvalue weighted by Gasteiger charge is -2.50. The summed E-state index contributed by atoms with van der Waals surface area (Å²) in [5, 5.41) is 136. The highest BCUT2D eigenvalue weighted by molar-refractivity contribution is 5.77. The number of carboxylic acid groups (broad SMARTS) is 1. The van der Waals surface area contributed by atoms with E-state index in [0.29, 0.717) is 19.3 Å². The van der Waals surface area contributed by atoms with Gasteiger partial charge in [-0.2, -0.15) is 0 Å². The molecular weight excluding hydrogens is 1060 g/mol. The van der Waals surface area contributed by atoms with Crippen molar-refractivity contribution in [1.82, 2.24) is 10.6 Å². The Morgan fingerprint density at radius 2 is 1.07 bits per heavy atom. The molecule has 0 bridgehead atoms. The quantitative estimate of drug-likeness (QED) is 0.0390. The van der Waals surface area contributed by atoms with Crippen molar-refractivity contribution in [3.63, 3.8) is 0 Å². The van der Waals surface area contributed by atoms with Gasteiger partial charge in [-0.15, -0.1) is 0 Å². The fraction of sp³-hybridized carbons (Fsp3) is 0.948. The molecule has 3 aliphatic heterocycles. The van der Waals surface area contributed by atoms with Crippen LogP contribution >= 0.6 is 0 Å². The van der Waals surface area contributed by atoms with Crippen LogP contribution in [0.15, 0.2) is 0 Å². The molecule has 0 aromatic heterocycles. The number of aliphatic carboxylic acids is 1. The summed E-state index contributed by atoms with van der Waals surface area (Å²) in [6.45, 7) is 2.17. The van der Waals surface area contributed by atoms with Crippen LogP contribution in [0.1, 0.15) is 213 Å². The molecule has 3 heterocycles. The van der Waals surface area contributed by atoms with E-state index < -0.39 is 148 Å². The average Bonchev–Trinajstić information content (AvgIpc) is 3.63. The van der Waals surface area contributed by atoms with Crippen LogP contribution in [-0.4, -0.2) is 215 Å². The Kier molecular flexibility index (Phi) is 36.9. The van der Waals surface area contributed by atoms with Gasteiger partial charge in [-0.05, 0) is 12.8 Å². The smallest absolute Gasteiger partial charge is 0.364 e. The first kappa shape index (κ1) is 73.0. The van der Waals surface area contributed by atoms with E-state index in [4.69, 9.17) is 28.4 Å². The van der Waals surface area contributed by atoms with E-state index in [9.17, 15) is 75.7 Å². The van der Waals surface area contributed by atoms with Gasteiger partial charge in [0.15, 0.2) is 12.6 Å². The van der Waals surface area contributed by atoms with Gasteiger partial charge in [0, 0.05) is 19.8 Å². The summed E-state index contributed by atoms with van der Waals surface area (Å²) in [5.74, 6) is -6.10. The second-order valence-corrected chi connectivity index (χ2v) is 22.9. The molecule has 3 fully saturated rings. The van der Waals surface area contributed by atoms with Crippen molar-refractivity contribution in [3.8, 4) is 0 Å². The van der Waals surface area contributed by atoms with Crippen molar-refractivity contribution in [1.29, 1.82) is 0 Å². The van der Waals surface area contributed by atoms with Crippen LogP contribution in [0.5, 0.6) is 0 Å². The average molecular weight is 1170 g/mol. The van der Waals surface area contributed by atoms with Crippen molar-refractivity contribution in [3.05, 3.63) is 0 Å². The summed E-state index contributed by atoms with van der Waals surface area (Å²) >= 11 is 0. The highest BCUT2D eigenvalue weighted by Gasteiger charge is 2.60. The number of carbonyl (C=O) groups excluding carboxylic acids is 2. The maximum Gasteiger partial charge on any atom is 0.364 e. The van der Waals surface area contributed by atoms with Gasteiger partial charge in [0.25, 0.3) is 5.79 Å². The molecule has 2 amide bonds. The second kappa shape index (κ2) is 40.9. The molecule has 3 saturated heterocycles. The third kappa shape index (κ3) is 25.3. The summed E-state index contributed by atoms with van der Waals surface area (Å²) in [6.07, 6.45) is 2.73. The summed E-state index contributed by atoms with van der Waals surface area (Å²) in [4.78, 5) is 38.4. The lowest BCUT2D eigenvalue weighted by atomic mass is 9.88. The molecule has 18 unspecified atom stereocenters. The molecule has 0 aliphatic carbocycles. The molecule has 0 aromatic carbocycles. The number of amides is 2. The van der Waals surface area contributed by atoms with Crippen molar-refractivity contribution >= 4 is 17.8 Å². The Labute approximate surface area is 480 Å². The second-order valence-electron chi connectivity index (χ2n) is 22.9. The molecule has 81 heavy (non-hydrogen) atoms. The van der Waals surface area contributed by atoms with Gasteiger partial charge in [-0.3, -0.25) is 9.59 Å². The van der Waals surface area contributed by atoms with E-state index in [1.807, 2.05) is 0 Å². The fourth-order valence-corrected chi connectivity index (χ4v) is 11.1. The minimum absolute atomic E-state index is 0.228. The number of carbonyl (C=O) groups is 3. The van der Waals surface area contributed by atoms with Crippen LogP contribution in [0, 0.1) is 0 Å². The summed E-state index contributed by atoms with van der Waals surface area (Å²) in [7, 11) is 0. The van der Waals surface area contributed by atoms with Gasteiger partial charge in [0.05, 0.1) is 50.7 Å². The SMILES string of the molecule is CCCCCCCCCCCCCCCCCC(=O)NC(COC1OC(CO)C(OC2OC(CO)C(O)C(OC3(C(=O)O)CC(O)C(NC(C)=O)C(C(O)C(O)CO)O3)C2O)C(O)C1O)C(O)CCCCCCCCCCCCCC. The molecule has 23 heteroatoms. The largest absolute Gasteiger partial charge is 0.477 e. The molecule has 0 spiro atoms. The van der Waals surface area contributed by atoms with Crippen LogP contribution < -0.4 is 10.6 Å². The number of nitrogens with one attached hydrogen (secondary N) is 2. The molecule has 18 atom stereocenters. The third-order valence-corrected chi connectivity index (χ3v) is 16.1. The zero-order valence-electron chi connectivity index (χ0n) is 48.9. The van der Waals surface area contributed by atoms with Crippen molar-refractivity contribution in [2.75, 3.05) is 26.4 Å². The van der Waals surface area contributed by atoms with Crippen LogP contribution in [0.4, 0.5) is 0 Å². The molecule has 14 N–H and O–H groups in total. The van der Waals surface area contributed by atoms with Gasteiger partial charge in [0.2, 0.25) is 11.8 Å². The Balaban J connectivity index is 1.65. The summed E-state index contributed by atoms with van der Waals surface area (Å²) in [5.41, 5.74) is 0. The van der Waals surface area contributed by atoms with Gasteiger partial charge >= 0.3 is 5.97 Å².